The van der Waals surface area contributed by atoms with Crippen LogP contribution in [0.1, 0.15) is 61.9 Å². The predicted molar refractivity (Wildman–Crippen MR) is 123 cm³/mol. The number of anilines is 2. The third kappa shape index (κ3) is 4.94. The van der Waals surface area contributed by atoms with Gasteiger partial charge in [-0.05, 0) is 81.8 Å². The number of hydrogen-bond donors (Lipinski definition) is 3. The molecule has 31 heavy (non-hydrogen) atoms. The molecule has 1 aliphatic heterocycles. The van der Waals surface area contributed by atoms with Gasteiger partial charge in [0.2, 0.25) is 5.95 Å². The highest BCUT2D eigenvalue weighted by Crippen LogP contribution is 2.30. The molecular weight excluding hydrogens is 388 g/mol. The molecule has 1 atom stereocenters. The second-order valence-corrected chi connectivity index (χ2v) is 8.54. The van der Waals surface area contributed by atoms with Crippen LogP contribution in [0.4, 0.5) is 11.6 Å². The molecule has 4 rings (SSSR count). The summed E-state index contributed by atoms with van der Waals surface area (Å²) in [7, 11) is 0. The van der Waals surface area contributed by atoms with Crippen molar-refractivity contribution in [1.82, 2.24) is 25.1 Å². The Morgan fingerprint density at radius 1 is 1.26 bits per heavy atom. The van der Waals surface area contributed by atoms with Gasteiger partial charge < -0.3 is 15.7 Å². The summed E-state index contributed by atoms with van der Waals surface area (Å²) in [5, 5.41) is 20.5. The van der Waals surface area contributed by atoms with Crippen molar-refractivity contribution < 1.29 is 5.11 Å². The monoisotopic (exact) mass is 420 g/mol. The second-order valence-electron chi connectivity index (χ2n) is 8.54. The molecule has 0 amide bonds. The summed E-state index contributed by atoms with van der Waals surface area (Å²) in [5.41, 5.74) is 6.65. The molecule has 0 saturated carbocycles. The zero-order chi connectivity index (χ0) is 21.8. The van der Waals surface area contributed by atoms with Crippen LogP contribution >= 0.6 is 0 Å². The number of aromatic nitrogens is 4. The summed E-state index contributed by atoms with van der Waals surface area (Å²) in [6.45, 7) is 7.48. The molecule has 0 radical (unpaired) electrons. The smallest absolute Gasteiger partial charge is 0.227 e. The Hall–Kier alpha value is -2.77. The summed E-state index contributed by atoms with van der Waals surface area (Å²) in [4.78, 5) is 9.27. The normalized spacial score (nSPS) is 15.8. The fourth-order valence-corrected chi connectivity index (χ4v) is 4.12. The largest absolute Gasteiger partial charge is 0.396 e. The molecule has 1 aliphatic rings. The Labute approximate surface area is 183 Å². The van der Waals surface area contributed by atoms with Gasteiger partial charge in [-0.2, -0.15) is 5.10 Å². The highest BCUT2D eigenvalue weighted by molar-refractivity contribution is 5.64. The van der Waals surface area contributed by atoms with Crippen molar-refractivity contribution in [2.24, 2.45) is 0 Å². The van der Waals surface area contributed by atoms with Gasteiger partial charge in [-0.15, -0.1) is 0 Å². The molecule has 3 N–H and O–H groups in total. The van der Waals surface area contributed by atoms with Gasteiger partial charge in [0.15, 0.2) is 0 Å². The lowest BCUT2D eigenvalue weighted by atomic mass is 9.91. The topological polar surface area (TPSA) is 87.9 Å². The van der Waals surface area contributed by atoms with Crippen LogP contribution < -0.4 is 10.6 Å². The Bertz CT molecular complexity index is 1030. The maximum absolute atomic E-state index is 9.06. The minimum absolute atomic E-state index is 0.263. The minimum Gasteiger partial charge on any atom is -0.396 e. The number of hydrogen-bond acceptors (Lipinski definition) is 6. The van der Waals surface area contributed by atoms with Crippen molar-refractivity contribution in [2.45, 2.75) is 58.5 Å². The van der Waals surface area contributed by atoms with E-state index in [0.717, 1.165) is 54.7 Å². The van der Waals surface area contributed by atoms with Gasteiger partial charge in [0.05, 0.1) is 11.9 Å². The lowest BCUT2D eigenvalue weighted by molar-refractivity contribution is 0.279. The molecular formula is C24H32N6O. The Morgan fingerprint density at radius 3 is 2.90 bits per heavy atom. The lowest BCUT2D eigenvalue weighted by Gasteiger charge is -2.27. The number of nitrogens with one attached hydrogen (secondary N) is 2. The van der Waals surface area contributed by atoms with Gasteiger partial charge in [-0.3, -0.25) is 4.68 Å². The molecule has 0 saturated heterocycles. The molecule has 7 heteroatoms. The van der Waals surface area contributed by atoms with Crippen LogP contribution in [0.3, 0.4) is 0 Å². The SMILES string of the molecule is Cc1cnc(Nc2ccc3c(c2)CCNC3CCCCO)nc1-c1cnn(C(C)C)c1. The zero-order valence-corrected chi connectivity index (χ0v) is 18.6. The van der Waals surface area contributed by atoms with E-state index in [2.05, 4.69) is 52.8 Å². The van der Waals surface area contributed by atoms with Gasteiger partial charge in [0.25, 0.3) is 0 Å². The average molecular weight is 421 g/mol. The van der Waals surface area contributed by atoms with E-state index in [-0.39, 0.29) is 6.61 Å². The first kappa shape index (κ1) is 21.5. The summed E-state index contributed by atoms with van der Waals surface area (Å²) < 4.78 is 1.94. The number of aryl methyl sites for hydroxylation is 1. The van der Waals surface area contributed by atoms with E-state index in [1.54, 1.807) is 0 Å². The summed E-state index contributed by atoms with van der Waals surface area (Å²) in [6.07, 6.45) is 9.70. The van der Waals surface area contributed by atoms with E-state index < -0.39 is 0 Å². The number of nitrogens with zero attached hydrogens (tertiary/aromatic N) is 4. The molecule has 7 nitrogen and oxygen atoms in total. The third-order valence-electron chi connectivity index (χ3n) is 5.84. The van der Waals surface area contributed by atoms with Gasteiger partial charge in [-0.1, -0.05) is 6.07 Å². The van der Waals surface area contributed by atoms with Crippen LogP contribution in [-0.4, -0.2) is 38.0 Å². The number of fused-ring (bicyclic) bond motifs is 1. The van der Waals surface area contributed by atoms with Crippen molar-refractivity contribution in [1.29, 1.82) is 0 Å². The highest BCUT2D eigenvalue weighted by Gasteiger charge is 2.19. The summed E-state index contributed by atoms with van der Waals surface area (Å²) in [6, 6.07) is 7.20. The quantitative estimate of drug-likeness (QED) is 0.470. The summed E-state index contributed by atoms with van der Waals surface area (Å²) >= 11 is 0. The van der Waals surface area contributed by atoms with Gasteiger partial charge in [0.1, 0.15) is 0 Å². The number of benzene rings is 1. The lowest BCUT2D eigenvalue weighted by Crippen LogP contribution is -2.29. The predicted octanol–water partition coefficient (Wildman–Crippen LogP) is 4.32. The maximum atomic E-state index is 9.06. The Kier molecular flexibility index (Phi) is 6.63. The molecule has 2 aromatic heterocycles. The van der Waals surface area contributed by atoms with E-state index in [9.17, 15) is 0 Å². The van der Waals surface area contributed by atoms with E-state index in [1.807, 2.05) is 30.2 Å². The number of aliphatic hydroxyl groups is 1. The Morgan fingerprint density at radius 2 is 2.13 bits per heavy atom. The van der Waals surface area contributed by atoms with Crippen LogP contribution in [0.5, 0.6) is 0 Å². The first-order valence-electron chi connectivity index (χ1n) is 11.2. The van der Waals surface area contributed by atoms with Crippen LogP contribution in [0.2, 0.25) is 0 Å². The molecule has 164 valence electrons. The molecule has 1 unspecified atom stereocenters. The van der Waals surface area contributed by atoms with E-state index in [4.69, 9.17) is 10.1 Å². The van der Waals surface area contributed by atoms with E-state index >= 15 is 0 Å². The van der Waals surface area contributed by atoms with Crippen LogP contribution in [0, 0.1) is 6.92 Å². The molecule has 0 spiro atoms. The zero-order valence-electron chi connectivity index (χ0n) is 18.6. The first-order chi connectivity index (χ1) is 15.0. The van der Waals surface area contributed by atoms with Gasteiger partial charge in [-0.25, -0.2) is 9.97 Å². The Balaban J connectivity index is 1.53. The highest BCUT2D eigenvalue weighted by atomic mass is 16.2. The van der Waals surface area contributed by atoms with Crippen molar-refractivity contribution in [2.75, 3.05) is 18.5 Å². The van der Waals surface area contributed by atoms with Gasteiger partial charge in [0, 0.05) is 42.3 Å². The number of unbranched alkanes of at least 4 members (excludes halogenated alkanes) is 1. The summed E-state index contributed by atoms with van der Waals surface area (Å²) in [5.74, 6) is 0.589. The standard InChI is InChI=1S/C24H32N6O/c1-16(2)30-15-19(14-27-30)23-17(3)13-26-24(29-23)28-20-7-8-21-18(12-20)9-10-25-22(21)6-4-5-11-31/h7-8,12-16,22,25,31H,4-6,9-11H2,1-3H3,(H,26,28,29). The van der Waals surface area contributed by atoms with Crippen LogP contribution in [0.25, 0.3) is 11.3 Å². The molecule has 0 fully saturated rings. The number of aliphatic hydroxyl groups excluding tert-OH is 1. The first-order valence-corrected chi connectivity index (χ1v) is 11.2. The maximum Gasteiger partial charge on any atom is 0.227 e. The third-order valence-corrected chi connectivity index (χ3v) is 5.84. The molecule has 0 bridgehead atoms. The van der Waals surface area contributed by atoms with E-state index in [1.165, 1.54) is 11.1 Å². The van der Waals surface area contributed by atoms with Crippen molar-refractivity contribution in [3.8, 4) is 11.3 Å². The van der Waals surface area contributed by atoms with Crippen LogP contribution in [-0.2, 0) is 6.42 Å². The average Bonchev–Trinajstić information content (AvgIpc) is 3.26. The van der Waals surface area contributed by atoms with Crippen molar-refractivity contribution in [3.05, 3.63) is 53.5 Å². The molecule has 3 heterocycles. The van der Waals surface area contributed by atoms with Crippen LogP contribution in [0.15, 0.2) is 36.8 Å². The molecule has 0 aliphatic carbocycles. The fourth-order valence-electron chi connectivity index (χ4n) is 4.12. The van der Waals surface area contributed by atoms with Crippen molar-refractivity contribution >= 4 is 11.6 Å². The fraction of sp³-hybridized carbons (Fsp3) is 0.458. The van der Waals surface area contributed by atoms with Gasteiger partial charge >= 0.3 is 0 Å². The minimum atomic E-state index is 0.263. The van der Waals surface area contributed by atoms with Crippen molar-refractivity contribution in [3.63, 3.8) is 0 Å². The van der Waals surface area contributed by atoms with E-state index in [0.29, 0.717) is 18.0 Å². The molecule has 3 aromatic rings. The molecule has 1 aromatic carbocycles. The second kappa shape index (κ2) is 9.58. The number of rotatable bonds is 8.